The second-order valence-electron chi connectivity index (χ2n) is 6.02. The van der Waals surface area contributed by atoms with Crippen LogP contribution in [0, 0.1) is 20.8 Å². The fourth-order valence-corrected chi connectivity index (χ4v) is 5.02. The molecular weight excluding hydrogens is 300 g/mol. The second kappa shape index (κ2) is 6.23. The highest BCUT2D eigenvalue weighted by Gasteiger charge is 2.28. The van der Waals surface area contributed by atoms with Crippen LogP contribution in [-0.2, 0) is 0 Å². The molecule has 0 bridgehead atoms. The summed E-state index contributed by atoms with van der Waals surface area (Å²) in [5.41, 5.74) is 3.59. The second-order valence-corrected chi connectivity index (χ2v) is 8.59. The van der Waals surface area contributed by atoms with Gasteiger partial charge in [-0.1, -0.05) is 63.4 Å². The molecule has 0 saturated carbocycles. The summed E-state index contributed by atoms with van der Waals surface area (Å²) in [6.45, 7) is 6.20. The first-order chi connectivity index (χ1) is 11.0. The van der Waals surface area contributed by atoms with Crippen molar-refractivity contribution in [2.45, 2.75) is 35.5 Å². The Labute approximate surface area is 140 Å². The van der Waals surface area contributed by atoms with Gasteiger partial charge >= 0.3 is 0 Å². The van der Waals surface area contributed by atoms with Crippen LogP contribution in [-0.4, -0.2) is 4.55 Å². The van der Waals surface area contributed by atoms with Gasteiger partial charge in [-0.15, -0.1) is 0 Å². The van der Waals surface area contributed by atoms with E-state index in [1.807, 2.05) is 36.4 Å². The molecule has 0 spiro atoms. The van der Waals surface area contributed by atoms with Crippen molar-refractivity contribution >= 4 is 10.3 Å². The van der Waals surface area contributed by atoms with E-state index in [1.54, 1.807) is 0 Å². The van der Waals surface area contributed by atoms with Gasteiger partial charge < -0.3 is 4.55 Å². The minimum Gasteiger partial charge on any atom is -0.338 e. The van der Waals surface area contributed by atoms with Gasteiger partial charge in [0, 0.05) is 14.7 Å². The van der Waals surface area contributed by atoms with Gasteiger partial charge in [-0.2, -0.15) is 0 Å². The maximum absolute atomic E-state index is 11.8. The van der Waals surface area contributed by atoms with Gasteiger partial charge in [0.15, 0.2) is 0 Å². The van der Waals surface area contributed by atoms with E-state index in [0.717, 1.165) is 14.7 Å². The monoisotopic (exact) mass is 322 g/mol. The predicted molar refractivity (Wildman–Crippen MR) is 98.6 cm³/mol. The predicted octanol–water partition coefficient (Wildman–Crippen LogP) is 6.37. The number of benzene rings is 3. The third-order valence-corrected chi connectivity index (χ3v) is 6.95. The Hall–Kier alpha value is -2.03. The number of hydrogen-bond acceptors (Lipinski definition) is 1. The van der Waals surface area contributed by atoms with Crippen LogP contribution in [0.2, 0.25) is 0 Å². The Morgan fingerprint density at radius 1 is 0.478 bits per heavy atom. The lowest BCUT2D eigenvalue weighted by atomic mass is 10.2. The summed E-state index contributed by atoms with van der Waals surface area (Å²) in [6.07, 6.45) is 0. The minimum absolute atomic E-state index is 0.968. The summed E-state index contributed by atoms with van der Waals surface area (Å²) >= 11 is 0. The number of aryl methyl sites for hydroxylation is 3. The van der Waals surface area contributed by atoms with Crippen LogP contribution in [0.5, 0.6) is 0 Å². The Morgan fingerprint density at radius 3 is 0.913 bits per heavy atom. The average Bonchev–Trinajstić information content (AvgIpc) is 2.56. The van der Waals surface area contributed by atoms with Crippen LogP contribution >= 0.6 is 10.3 Å². The van der Waals surface area contributed by atoms with E-state index in [1.165, 1.54) is 16.7 Å². The Kier molecular flexibility index (Phi) is 4.29. The third-order valence-electron chi connectivity index (χ3n) is 4.09. The van der Waals surface area contributed by atoms with Crippen molar-refractivity contribution in [1.82, 2.24) is 0 Å². The minimum atomic E-state index is -2.23. The van der Waals surface area contributed by atoms with Crippen molar-refractivity contribution in [2.75, 3.05) is 0 Å². The summed E-state index contributed by atoms with van der Waals surface area (Å²) in [6, 6.07) is 24.7. The normalized spacial score (nSPS) is 12.2. The van der Waals surface area contributed by atoms with Crippen molar-refractivity contribution in [2.24, 2.45) is 0 Å². The molecule has 0 aromatic heterocycles. The molecule has 23 heavy (non-hydrogen) atoms. The fourth-order valence-electron chi connectivity index (χ4n) is 2.61. The molecule has 0 fully saturated rings. The molecule has 0 saturated heterocycles. The molecule has 0 aliphatic carbocycles. The van der Waals surface area contributed by atoms with E-state index in [2.05, 4.69) is 57.2 Å². The Bertz CT molecular complexity index is 676. The highest BCUT2D eigenvalue weighted by molar-refractivity contribution is 8.29. The molecule has 3 aromatic rings. The molecule has 0 heterocycles. The zero-order valence-corrected chi connectivity index (χ0v) is 14.6. The van der Waals surface area contributed by atoms with E-state index in [9.17, 15) is 4.55 Å². The van der Waals surface area contributed by atoms with Crippen molar-refractivity contribution in [3.63, 3.8) is 0 Å². The van der Waals surface area contributed by atoms with Crippen molar-refractivity contribution in [1.29, 1.82) is 0 Å². The van der Waals surface area contributed by atoms with Gasteiger partial charge in [0.25, 0.3) is 0 Å². The first-order valence-corrected chi connectivity index (χ1v) is 9.35. The maximum atomic E-state index is 11.8. The first-order valence-electron chi connectivity index (χ1n) is 7.76. The van der Waals surface area contributed by atoms with E-state index in [0.29, 0.717) is 0 Å². The zero-order valence-electron chi connectivity index (χ0n) is 13.8. The third kappa shape index (κ3) is 3.05. The summed E-state index contributed by atoms with van der Waals surface area (Å²) in [5, 5.41) is 0. The van der Waals surface area contributed by atoms with Crippen LogP contribution in [0.1, 0.15) is 16.7 Å². The van der Waals surface area contributed by atoms with E-state index < -0.39 is 10.3 Å². The molecule has 3 aromatic carbocycles. The van der Waals surface area contributed by atoms with Gasteiger partial charge in [0.1, 0.15) is 0 Å². The molecule has 3 rings (SSSR count). The van der Waals surface area contributed by atoms with Gasteiger partial charge in [0.05, 0.1) is 0 Å². The number of hydrogen-bond donors (Lipinski definition) is 1. The zero-order chi connectivity index (χ0) is 16.4. The van der Waals surface area contributed by atoms with E-state index >= 15 is 0 Å². The van der Waals surface area contributed by atoms with Crippen LogP contribution in [0.3, 0.4) is 0 Å². The topological polar surface area (TPSA) is 20.2 Å². The number of rotatable bonds is 3. The van der Waals surface area contributed by atoms with Gasteiger partial charge in [-0.25, -0.2) is 0 Å². The molecule has 0 atom stereocenters. The lowest BCUT2D eigenvalue weighted by molar-refractivity contribution is 0.623. The van der Waals surface area contributed by atoms with Crippen LogP contribution in [0.25, 0.3) is 0 Å². The summed E-state index contributed by atoms with van der Waals surface area (Å²) in [4.78, 5) is 2.91. The standard InChI is InChI=1S/C21H22OS/c1-16-4-10-19(11-5-16)23(22,20-12-6-17(2)7-13-20)21-14-8-18(3)9-15-21/h4-15,22H,1-3H3. The Morgan fingerprint density at radius 2 is 0.696 bits per heavy atom. The molecule has 0 amide bonds. The molecule has 0 aliphatic rings. The maximum Gasteiger partial charge on any atom is 0.0213 e. The fraction of sp³-hybridized carbons (Fsp3) is 0.143. The first kappa shape index (κ1) is 15.9. The van der Waals surface area contributed by atoms with Crippen LogP contribution in [0.15, 0.2) is 87.5 Å². The van der Waals surface area contributed by atoms with Crippen molar-refractivity contribution in [3.05, 3.63) is 89.5 Å². The SMILES string of the molecule is Cc1ccc(S(O)(c2ccc(C)cc2)c2ccc(C)cc2)cc1. The van der Waals surface area contributed by atoms with Gasteiger partial charge in [-0.3, -0.25) is 0 Å². The van der Waals surface area contributed by atoms with E-state index in [4.69, 9.17) is 0 Å². The Balaban J connectivity index is 2.21. The molecule has 1 N–H and O–H groups in total. The highest BCUT2D eigenvalue weighted by Crippen LogP contribution is 2.65. The lowest BCUT2D eigenvalue weighted by Gasteiger charge is -2.35. The molecule has 1 nitrogen and oxygen atoms in total. The summed E-state index contributed by atoms with van der Waals surface area (Å²) in [7, 11) is -2.23. The molecule has 2 heteroatoms. The van der Waals surface area contributed by atoms with Gasteiger partial charge in [0.2, 0.25) is 0 Å². The molecule has 0 aliphatic heterocycles. The largest absolute Gasteiger partial charge is 0.338 e. The molecular formula is C21H22OS. The average molecular weight is 322 g/mol. The molecule has 0 unspecified atom stereocenters. The summed E-state index contributed by atoms with van der Waals surface area (Å²) < 4.78 is 11.8. The van der Waals surface area contributed by atoms with Crippen molar-refractivity contribution in [3.8, 4) is 0 Å². The smallest absolute Gasteiger partial charge is 0.0213 e. The summed E-state index contributed by atoms with van der Waals surface area (Å²) in [5.74, 6) is 0. The van der Waals surface area contributed by atoms with E-state index in [-0.39, 0.29) is 0 Å². The quantitative estimate of drug-likeness (QED) is 0.594. The molecule has 118 valence electrons. The van der Waals surface area contributed by atoms with Crippen LogP contribution in [0.4, 0.5) is 0 Å². The molecule has 0 radical (unpaired) electrons. The van der Waals surface area contributed by atoms with Crippen molar-refractivity contribution < 1.29 is 4.55 Å². The van der Waals surface area contributed by atoms with Crippen LogP contribution < -0.4 is 0 Å². The van der Waals surface area contributed by atoms with Gasteiger partial charge in [-0.05, 0) is 57.2 Å². The lowest BCUT2D eigenvalue weighted by Crippen LogP contribution is -2.02. The highest BCUT2D eigenvalue weighted by atomic mass is 32.3.